The Morgan fingerprint density at radius 2 is 1.93 bits per heavy atom. The first-order valence-electron chi connectivity index (χ1n) is 5.46. The van der Waals surface area contributed by atoms with Gasteiger partial charge in [0.05, 0.1) is 6.10 Å². The van der Waals surface area contributed by atoms with Crippen molar-refractivity contribution in [1.82, 2.24) is 0 Å². The lowest BCUT2D eigenvalue weighted by molar-refractivity contribution is 0.241. The van der Waals surface area contributed by atoms with Gasteiger partial charge in [-0.2, -0.15) is 0 Å². The fourth-order valence-electron chi connectivity index (χ4n) is 1.58. The minimum atomic E-state index is -1.76. The molecule has 15 heavy (non-hydrogen) atoms. The van der Waals surface area contributed by atoms with Gasteiger partial charge in [-0.1, -0.05) is 43.3 Å². The van der Waals surface area contributed by atoms with E-state index in [2.05, 4.69) is 50.9 Å². The van der Waals surface area contributed by atoms with Crippen molar-refractivity contribution in [1.29, 1.82) is 0 Å². The molecular weight excluding hydrogens is 200 g/mol. The molecule has 0 aromatic heterocycles. The Bertz CT molecular complexity index is 306. The van der Waals surface area contributed by atoms with Crippen molar-refractivity contribution >= 4 is 13.5 Å². The third kappa shape index (κ3) is 3.32. The van der Waals surface area contributed by atoms with Gasteiger partial charge in [-0.15, -0.1) is 6.58 Å². The van der Waals surface area contributed by atoms with Crippen LogP contribution in [0.5, 0.6) is 0 Å². The SMILES string of the molecule is C=CC(CC)O[Si](C)(C)c1ccccc1. The van der Waals surface area contributed by atoms with Crippen LogP contribution < -0.4 is 5.19 Å². The Morgan fingerprint density at radius 3 is 2.40 bits per heavy atom. The van der Waals surface area contributed by atoms with Crippen molar-refractivity contribution in [3.63, 3.8) is 0 Å². The molecule has 0 spiro atoms. The highest BCUT2D eigenvalue weighted by Gasteiger charge is 2.27. The second kappa shape index (κ2) is 5.28. The summed E-state index contributed by atoms with van der Waals surface area (Å²) in [6.07, 6.45) is 3.08. The molecule has 0 bridgehead atoms. The molecule has 0 aliphatic carbocycles. The summed E-state index contributed by atoms with van der Waals surface area (Å²) in [4.78, 5) is 0. The van der Waals surface area contributed by atoms with Crippen LogP contribution in [0.2, 0.25) is 13.1 Å². The summed E-state index contributed by atoms with van der Waals surface area (Å²) in [5, 5.41) is 1.34. The maximum absolute atomic E-state index is 6.14. The van der Waals surface area contributed by atoms with Gasteiger partial charge in [0, 0.05) is 0 Å². The fraction of sp³-hybridized carbons (Fsp3) is 0.385. The molecule has 1 nitrogen and oxygen atoms in total. The zero-order chi connectivity index (χ0) is 11.3. The van der Waals surface area contributed by atoms with Gasteiger partial charge in [0.25, 0.3) is 0 Å². The summed E-state index contributed by atoms with van der Waals surface area (Å²) in [5.74, 6) is 0. The topological polar surface area (TPSA) is 9.23 Å². The van der Waals surface area contributed by atoms with Crippen molar-refractivity contribution < 1.29 is 4.43 Å². The first-order valence-corrected chi connectivity index (χ1v) is 8.37. The lowest BCUT2D eigenvalue weighted by Crippen LogP contribution is -2.46. The highest BCUT2D eigenvalue weighted by molar-refractivity contribution is 6.84. The third-order valence-corrected chi connectivity index (χ3v) is 5.20. The van der Waals surface area contributed by atoms with Crippen LogP contribution in [0.15, 0.2) is 43.0 Å². The molecule has 0 aliphatic heterocycles. The van der Waals surface area contributed by atoms with Gasteiger partial charge in [0.2, 0.25) is 8.32 Å². The van der Waals surface area contributed by atoms with Crippen LogP contribution in [0.3, 0.4) is 0 Å². The number of benzene rings is 1. The molecule has 1 aromatic rings. The summed E-state index contributed by atoms with van der Waals surface area (Å²) >= 11 is 0. The van der Waals surface area contributed by atoms with Crippen LogP contribution in [0, 0.1) is 0 Å². The number of hydrogen-bond acceptors (Lipinski definition) is 1. The molecule has 1 rings (SSSR count). The van der Waals surface area contributed by atoms with Gasteiger partial charge < -0.3 is 4.43 Å². The first kappa shape index (κ1) is 12.2. The summed E-state index contributed by atoms with van der Waals surface area (Å²) in [6.45, 7) is 10.4. The van der Waals surface area contributed by atoms with E-state index in [1.54, 1.807) is 0 Å². The molecule has 2 heteroatoms. The Labute approximate surface area is 93.9 Å². The average Bonchev–Trinajstić information content (AvgIpc) is 2.27. The molecular formula is C13H20OSi. The molecule has 0 saturated carbocycles. The van der Waals surface area contributed by atoms with E-state index < -0.39 is 8.32 Å². The van der Waals surface area contributed by atoms with Gasteiger partial charge in [0.15, 0.2) is 0 Å². The number of rotatable bonds is 5. The molecule has 1 atom stereocenters. The Kier molecular flexibility index (Phi) is 4.30. The Balaban J connectivity index is 2.79. The lowest BCUT2D eigenvalue weighted by Gasteiger charge is -2.27. The largest absolute Gasteiger partial charge is 0.407 e. The van der Waals surface area contributed by atoms with E-state index in [1.807, 2.05) is 12.1 Å². The Hall–Kier alpha value is -0.863. The van der Waals surface area contributed by atoms with Crippen molar-refractivity contribution in [3.8, 4) is 0 Å². The van der Waals surface area contributed by atoms with Crippen molar-refractivity contribution in [2.24, 2.45) is 0 Å². The molecule has 1 unspecified atom stereocenters. The highest BCUT2D eigenvalue weighted by Crippen LogP contribution is 2.11. The smallest absolute Gasteiger partial charge is 0.218 e. The summed E-state index contributed by atoms with van der Waals surface area (Å²) in [6, 6.07) is 10.5. The predicted molar refractivity (Wildman–Crippen MR) is 68.9 cm³/mol. The molecule has 0 amide bonds. The standard InChI is InChI=1S/C13H20OSi/c1-5-12(6-2)14-15(3,4)13-10-8-7-9-11-13/h5,7-12H,1,6H2,2-4H3. The van der Waals surface area contributed by atoms with E-state index in [-0.39, 0.29) is 6.10 Å². The summed E-state index contributed by atoms with van der Waals surface area (Å²) < 4.78 is 6.14. The van der Waals surface area contributed by atoms with Crippen LogP contribution in [-0.4, -0.2) is 14.4 Å². The van der Waals surface area contributed by atoms with E-state index in [0.717, 1.165) is 6.42 Å². The van der Waals surface area contributed by atoms with Gasteiger partial charge in [-0.3, -0.25) is 0 Å². The molecule has 82 valence electrons. The van der Waals surface area contributed by atoms with Gasteiger partial charge in [0.1, 0.15) is 0 Å². The lowest BCUT2D eigenvalue weighted by atomic mass is 10.3. The average molecular weight is 220 g/mol. The fourth-order valence-corrected chi connectivity index (χ4v) is 3.74. The molecule has 0 saturated heterocycles. The van der Waals surface area contributed by atoms with E-state index in [1.165, 1.54) is 5.19 Å². The second-order valence-electron chi connectivity index (χ2n) is 4.18. The molecule has 0 fully saturated rings. The van der Waals surface area contributed by atoms with Crippen LogP contribution in [0.25, 0.3) is 0 Å². The van der Waals surface area contributed by atoms with E-state index in [9.17, 15) is 0 Å². The quantitative estimate of drug-likeness (QED) is 0.547. The molecule has 0 aliphatic rings. The van der Waals surface area contributed by atoms with Crippen LogP contribution in [0.4, 0.5) is 0 Å². The first-order chi connectivity index (χ1) is 7.10. The monoisotopic (exact) mass is 220 g/mol. The normalized spacial score (nSPS) is 13.5. The zero-order valence-electron chi connectivity index (χ0n) is 9.86. The Morgan fingerprint density at radius 1 is 1.33 bits per heavy atom. The minimum absolute atomic E-state index is 0.187. The highest BCUT2D eigenvalue weighted by atomic mass is 28.4. The van der Waals surface area contributed by atoms with Crippen LogP contribution >= 0.6 is 0 Å². The summed E-state index contributed by atoms with van der Waals surface area (Å²) in [7, 11) is -1.76. The van der Waals surface area contributed by atoms with Gasteiger partial charge in [-0.25, -0.2) is 0 Å². The molecule has 0 heterocycles. The maximum atomic E-state index is 6.14. The van der Waals surface area contributed by atoms with Crippen molar-refractivity contribution in [3.05, 3.63) is 43.0 Å². The van der Waals surface area contributed by atoms with E-state index in [0.29, 0.717) is 0 Å². The zero-order valence-corrected chi connectivity index (χ0v) is 10.9. The molecule has 0 N–H and O–H groups in total. The molecule has 1 aromatic carbocycles. The number of hydrogen-bond donors (Lipinski definition) is 0. The van der Waals surface area contributed by atoms with Crippen LogP contribution in [0.1, 0.15) is 13.3 Å². The minimum Gasteiger partial charge on any atom is -0.407 e. The van der Waals surface area contributed by atoms with Crippen LogP contribution in [-0.2, 0) is 4.43 Å². The van der Waals surface area contributed by atoms with E-state index in [4.69, 9.17) is 4.43 Å². The maximum Gasteiger partial charge on any atom is 0.218 e. The van der Waals surface area contributed by atoms with E-state index >= 15 is 0 Å². The predicted octanol–water partition coefficient (Wildman–Crippen LogP) is 3.08. The summed E-state index contributed by atoms with van der Waals surface area (Å²) in [5.41, 5.74) is 0. The van der Waals surface area contributed by atoms with Crippen molar-refractivity contribution in [2.45, 2.75) is 32.5 Å². The second-order valence-corrected chi connectivity index (χ2v) is 8.01. The van der Waals surface area contributed by atoms with Gasteiger partial charge in [-0.05, 0) is 24.7 Å². The third-order valence-electron chi connectivity index (χ3n) is 2.58. The van der Waals surface area contributed by atoms with Gasteiger partial charge >= 0.3 is 0 Å². The van der Waals surface area contributed by atoms with Crippen molar-refractivity contribution in [2.75, 3.05) is 0 Å². The molecule has 0 radical (unpaired) electrons.